The second-order valence-electron chi connectivity index (χ2n) is 4.07. The molecule has 1 unspecified atom stereocenters. The average Bonchev–Trinajstić information content (AvgIpc) is 2.28. The molecule has 18 heavy (non-hydrogen) atoms. The maximum Gasteiger partial charge on any atom is 0.305 e. The van der Waals surface area contributed by atoms with Gasteiger partial charge >= 0.3 is 5.97 Å². The predicted molar refractivity (Wildman–Crippen MR) is 64.3 cm³/mol. The largest absolute Gasteiger partial charge is 0.481 e. The summed E-state index contributed by atoms with van der Waals surface area (Å²) in [5.74, 6) is -1.02. The molecule has 98 valence electrons. The minimum absolute atomic E-state index is 0.0460. The van der Waals surface area contributed by atoms with Crippen molar-refractivity contribution in [2.24, 2.45) is 0 Å². The van der Waals surface area contributed by atoms with Gasteiger partial charge in [0.05, 0.1) is 17.4 Å². The van der Waals surface area contributed by atoms with Crippen molar-refractivity contribution in [3.05, 3.63) is 39.9 Å². The molecule has 0 aliphatic rings. The fourth-order valence-corrected chi connectivity index (χ4v) is 1.63. The molecule has 0 fully saturated rings. The van der Waals surface area contributed by atoms with E-state index in [1.807, 2.05) is 0 Å². The highest BCUT2D eigenvalue weighted by Gasteiger charge is 2.09. The maximum atomic E-state index is 10.4. The number of hydrogen-bond donors (Lipinski definition) is 2. The number of carboxylic acid groups (broad SMARTS) is 1. The van der Waals surface area contributed by atoms with E-state index in [1.54, 1.807) is 12.1 Å². The van der Waals surface area contributed by atoms with Crippen LogP contribution in [0.3, 0.4) is 0 Å². The molecule has 0 saturated carbocycles. The molecule has 0 saturated heterocycles. The predicted octanol–water partition coefficient (Wildman–Crippen LogP) is 1.75. The number of benzene rings is 1. The summed E-state index contributed by atoms with van der Waals surface area (Å²) in [7, 11) is 0. The van der Waals surface area contributed by atoms with Gasteiger partial charge in [-0.15, -0.1) is 0 Å². The highest BCUT2D eigenvalue weighted by molar-refractivity contribution is 5.67. The van der Waals surface area contributed by atoms with Gasteiger partial charge in [-0.2, -0.15) is 0 Å². The van der Waals surface area contributed by atoms with Gasteiger partial charge in [0.1, 0.15) is 0 Å². The van der Waals surface area contributed by atoms with Gasteiger partial charge < -0.3 is 10.2 Å². The Bertz CT molecular complexity index is 415. The molecule has 0 amide bonds. The lowest BCUT2D eigenvalue weighted by Gasteiger charge is -2.07. The SMILES string of the molecule is O=C(O)CC(O)CCCc1ccc([N+](=O)[O-])cc1. The van der Waals surface area contributed by atoms with Gasteiger partial charge in [-0.05, 0) is 24.8 Å². The lowest BCUT2D eigenvalue weighted by atomic mass is 10.0. The zero-order chi connectivity index (χ0) is 13.5. The molecule has 6 heteroatoms. The van der Waals surface area contributed by atoms with E-state index in [0.29, 0.717) is 19.3 Å². The molecule has 1 rings (SSSR count). The Morgan fingerprint density at radius 2 is 1.94 bits per heavy atom. The van der Waals surface area contributed by atoms with Crippen molar-refractivity contribution < 1.29 is 19.9 Å². The van der Waals surface area contributed by atoms with Gasteiger partial charge in [0.15, 0.2) is 0 Å². The summed E-state index contributed by atoms with van der Waals surface area (Å²) >= 11 is 0. The van der Waals surface area contributed by atoms with Gasteiger partial charge in [-0.25, -0.2) is 0 Å². The average molecular weight is 253 g/mol. The second kappa shape index (κ2) is 6.70. The monoisotopic (exact) mass is 253 g/mol. The minimum Gasteiger partial charge on any atom is -0.481 e. The van der Waals surface area contributed by atoms with Crippen LogP contribution in [0.2, 0.25) is 0 Å². The van der Waals surface area contributed by atoms with Crippen molar-refractivity contribution >= 4 is 11.7 Å². The number of rotatable bonds is 7. The van der Waals surface area contributed by atoms with Crippen LogP contribution in [-0.2, 0) is 11.2 Å². The molecule has 1 aromatic carbocycles. The Morgan fingerprint density at radius 3 is 2.44 bits per heavy atom. The van der Waals surface area contributed by atoms with Crippen LogP contribution in [0.25, 0.3) is 0 Å². The van der Waals surface area contributed by atoms with Crippen molar-refractivity contribution in [3.8, 4) is 0 Å². The molecular weight excluding hydrogens is 238 g/mol. The highest BCUT2D eigenvalue weighted by atomic mass is 16.6. The fourth-order valence-electron chi connectivity index (χ4n) is 1.63. The van der Waals surface area contributed by atoms with Gasteiger partial charge in [0, 0.05) is 12.1 Å². The molecule has 0 aliphatic carbocycles. The molecule has 0 radical (unpaired) electrons. The Labute approximate surface area is 104 Å². The summed E-state index contributed by atoms with van der Waals surface area (Å²) in [5.41, 5.74) is 0.979. The van der Waals surface area contributed by atoms with Gasteiger partial charge in [0.25, 0.3) is 5.69 Å². The van der Waals surface area contributed by atoms with Crippen molar-refractivity contribution in [2.75, 3.05) is 0 Å². The highest BCUT2D eigenvalue weighted by Crippen LogP contribution is 2.14. The van der Waals surface area contributed by atoms with E-state index in [2.05, 4.69) is 0 Å². The number of non-ortho nitro benzene ring substituents is 1. The molecule has 0 spiro atoms. The second-order valence-corrected chi connectivity index (χ2v) is 4.07. The smallest absolute Gasteiger partial charge is 0.305 e. The van der Waals surface area contributed by atoms with E-state index in [-0.39, 0.29) is 12.1 Å². The van der Waals surface area contributed by atoms with Crippen LogP contribution >= 0.6 is 0 Å². The fraction of sp³-hybridized carbons (Fsp3) is 0.417. The number of carboxylic acids is 1. The van der Waals surface area contributed by atoms with Crippen molar-refractivity contribution in [2.45, 2.75) is 31.8 Å². The third-order valence-corrected chi connectivity index (χ3v) is 2.56. The van der Waals surface area contributed by atoms with E-state index >= 15 is 0 Å². The van der Waals surface area contributed by atoms with E-state index in [0.717, 1.165) is 5.56 Å². The first-order chi connectivity index (χ1) is 8.49. The first kappa shape index (κ1) is 14.1. The topological polar surface area (TPSA) is 101 Å². The molecule has 6 nitrogen and oxygen atoms in total. The van der Waals surface area contributed by atoms with Crippen LogP contribution < -0.4 is 0 Å². The number of nitro benzene ring substituents is 1. The molecule has 1 atom stereocenters. The van der Waals surface area contributed by atoms with E-state index in [9.17, 15) is 20.0 Å². The zero-order valence-electron chi connectivity index (χ0n) is 9.78. The third-order valence-electron chi connectivity index (χ3n) is 2.56. The molecule has 0 heterocycles. The maximum absolute atomic E-state index is 10.4. The molecule has 1 aromatic rings. The van der Waals surface area contributed by atoms with Gasteiger partial charge in [-0.3, -0.25) is 14.9 Å². The Morgan fingerprint density at radius 1 is 1.33 bits per heavy atom. The summed E-state index contributed by atoms with van der Waals surface area (Å²) in [6, 6.07) is 6.20. The van der Waals surface area contributed by atoms with Crippen LogP contribution in [0.4, 0.5) is 5.69 Å². The van der Waals surface area contributed by atoms with Crippen molar-refractivity contribution in [1.82, 2.24) is 0 Å². The first-order valence-electron chi connectivity index (χ1n) is 5.62. The number of carbonyl (C=O) groups is 1. The summed E-state index contributed by atoms with van der Waals surface area (Å²) in [4.78, 5) is 20.3. The Hall–Kier alpha value is -1.95. The third kappa shape index (κ3) is 4.92. The number of aliphatic hydroxyl groups is 1. The first-order valence-corrected chi connectivity index (χ1v) is 5.62. The quantitative estimate of drug-likeness (QED) is 0.569. The van der Waals surface area contributed by atoms with Gasteiger partial charge in [0.2, 0.25) is 0 Å². The van der Waals surface area contributed by atoms with Crippen LogP contribution in [-0.4, -0.2) is 27.2 Å². The molecule has 2 N–H and O–H groups in total. The molecule has 0 bridgehead atoms. The Kier molecular flexibility index (Phi) is 5.26. The summed E-state index contributed by atoms with van der Waals surface area (Å²) in [6.45, 7) is 0. The number of aliphatic hydroxyl groups excluding tert-OH is 1. The molecular formula is C12H15NO5. The van der Waals surface area contributed by atoms with E-state index < -0.39 is 17.0 Å². The summed E-state index contributed by atoms with van der Waals surface area (Å²) in [5, 5.41) is 28.2. The van der Waals surface area contributed by atoms with Crippen LogP contribution in [0.5, 0.6) is 0 Å². The van der Waals surface area contributed by atoms with Crippen LogP contribution in [0.15, 0.2) is 24.3 Å². The van der Waals surface area contributed by atoms with E-state index in [4.69, 9.17) is 5.11 Å². The molecule has 0 aliphatic heterocycles. The normalized spacial score (nSPS) is 12.1. The number of aryl methyl sites for hydroxylation is 1. The van der Waals surface area contributed by atoms with Crippen LogP contribution in [0, 0.1) is 10.1 Å². The lowest BCUT2D eigenvalue weighted by Crippen LogP contribution is -2.12. The van der Waals surface area contributed by atoms with E-state index in [1.165, 1.54) is 12.1 Å². The van der Waals surface area contributed by atoms with Crippen molar-refractivity contribution in [1.29, 1.82) is 0 Å². The summed E-state index contributed by atoms with van der Waals surface area (Å²) < 4.78 is 0. The van der Waals surface area contributed by atoms with Crippen LogP contribution in [0.1, 0.15) is 24.8 Å². The molecule has 0 aromatic heterocycles. The lowest BCUT2D eigenvalue weighted by molar-refractivity contribution is -0.384. The number of aliphatic carboxylic acids is 1. The number of nitrogens with zero attached hydrogens (tertiary/aromatic N) is 1. The number of nitro groups is 1. The summed E-state index contributed by atoms with van der Waals surface area (Å²) in [6.07, 6.45) is 0.630. The zero-order valence-corrected chi connectivity index (χ0v) is 9.78. The number of hydrogen-bond acceptors (Lipinski definition) is 4. The Balaban J connectivity index is 2.35. The standard InChI is InChI=1S/C12H15NO5/c14-11(8-12(15)16)3-1-2-9-4-6-10(7-5-9)13(17)18/h4-7,11,14H,1-3,8H2,(H,15,16). The van der Waals surface area contributed by atoms with Gasteiger partial charge in [-0.1, -0.05) is 12.1 Å². The minimum atomic E-state index is -1.02. The van der Waals surface area contributed by atoms with Crippen molar-refractivity contribution in [3.63, 3.8) is 0 Å².